The van der Waals surface area contributed by atoms with Gasteiger partial charge < -0.3 is 38.8 Å². The van der Waals surface area contributed by atoms with Crippen LogP contribution in [0.5, 0.6) is 17.4 Å². The fourth-order valence-corrected chi connectivity index (χ4v) is 9.12. The molecule has 1 amide bonds. The summed E-state index contributed by atoms with van der Waals surface area (Å²) in [5, 5.41) is 2.90. The molecule has 2 bridgehead atoms. The van der Waals surface area contributed by atoms with E-state index < -0.39 is 76.4 Å². The molecule has 12 nitrogen and oxygen atoms in total. The summed E-state index contributed by atoms with van der Waals surface area (Å²) >= 11 is 0. The third-order valence-corrected chi connectivity index (χ3v) is 11.8. The number of anilines is 2. The van der Waals surface area contributed by atoms with Gasteiger partial charge in [0.1, 0.15) is 46.1 Å². The molecule has 1 aromatic heterocycles. The van der Waals surface area contributed by atoms with E-state index in [2.05, 4.69) is 10.3 Å². The van der Waals surface area contributed by atoms with Gasteiger partial charge in [-0.3, -0.25) is 4.90 Å². The number of pyridine rings is 1. The van der Waals surface area contributed by atoms with E-state index in [1.54, 1.807) is 86.0 Å². The van der Waals surface area contributed by atoms with Gasteiger partial charge in [0.25, 0.3) is 0 Å². The van der Waals surface area contributed by atoms with Crippen molar-refractivity contribution >= 4 is 23.3 Å². The van der Waals surface area contributed by atoms with Gasteiger partial charge in [-0.05, 0) is 94.5 Å². The quantitative estimate of drug-likeness (QED) is 0.164. The molecule has 2 saturated heterocycles. The zero-order valence-corrected chi connectivity index (χ0v) is 35.7. The number of aromatic nitrogens is 1. The van der Waals surface area contributed by atoms with Crippen molar-refractivity contribution in [1.82, 2.24) is 14.8 Å². The molecule has 2 fully saturated rings. The van der Waals surface area contributed by atoms with Gasteiger partial charge >= 0.3 is 12.3 Å². The summed E-state index contributed by atoms with van der Waals surface area (Å²) in [6.45, 7) is 8.58. The smallest absolute Gasteiger partial charge is 0.417 e. The molecule has 4 aliphatic heterocycles. The number of rotatable bonds is 9. The van der Waals surface area contributed by atoms with E-state index in [1.807, 2.05) is 4.90 Å². The van der Waals surface area contributed by atoms with E-state index in [4.69, 9.17) is 28.7 Å². The lowest BCUT2D eigenvalue weighted by Gasteiger charge is -2.48. The number of piperazine rings is 1. The molecule has 0 spiro atoms. The van der Waals surface area contributed by atoms with Gasteiger partial charge in [0, 0.05) is 32.3 Å². The van der Waals surface area contributed by atoms with Gasteiger partial charge in [-0.1, -0.05) is 24.3 Å². The topological polar surface area (TPSA) is 110 Å². The second-order valence-corrected chi connectivity index (χ2v) is 17.0. The number of fused-ring (bicyclic) bond motifs is 5. The molecule has 4 aliphatic rings. The first-order valence-corrected chi connectivity index (χ1v) is 20.4. The Morgan fingerprint density at radius 2 is 1.55 bits per heavy atom. The Hall–Kier alpha value is -5.84. The Kier molecular flexibility index (Phi) is 11.1. The van der Waals surface area contributed by atoms with Crippen molar-refractivity contribution in [2.75, 3.05) is 38.1 Å². The first-order chi connectivity index (χ1) is 29.4. The fourth-order valence-electron chi connectivity index (χ4n) is 9.12. The van der Waals surface area contributed by atoms with Crippen LogP contribution in [0.2, 0.25) is 0 Å². The van der Waals surface area contributed by atoms with Crippen molar-refractivity contribution < 1.29 is 50.4 Å². The second-order valence-electron chi connectivity index (χ2n) is 17.0. The minimum Gasteiger partial charge on any atom is -0.497 e. The van der Waals surface area contributed by atoms with E-state index in [0.717, 1.165) is 13.0 Å². The molecule has 5 atom stereocenters. The van der Waals surface area contributed by atoms with Gasteiger partial charge in [-0.25, -0.2) is 23.6 Å². The number of nitrogens with zero attached hydrogens (tertiary/aromatic N) is 5. The number of benzene rings is 3. The van der Waals surface area contributed by atoms with Crippen molar-refractivity contribution in [3.8, 4) is 28.6 Å². The van der Waals surface area contributed by atoms with Gasteiger partial charge in [0.15, 0.2) is 5.82 Å². The van der Waals surface area contributed by atoms with Crippen LogP contribution in [0, 0.1) is 18.6 Å². The highest BCUT2D eigenvalue weighted by molar-refractivity contribution is 6.08. The van der Waals surface area contributed by atoms with Crippen LogP contribution in [0.1, 0.15) is 68.4 Å². The molecule has 62 heavy (non-hydrogen) atoms. The molecular weight excluding hydrogens is 816 g/mol. The summed E-state index contributed by atoms with van der Waals surface area (Å²) in [7, 11) is 4.41. The predicted molar refractivity (Wildman–Crippen MR) is 222 cm³/mol. The summed E-state index contributed by atoms with van der Waals surface area (Å²) < 4.78 is 109. The highest BCUT2D eigenvalue weighted by atomic mass is 19.4. The van der Waals surface area contributed by atoms with Crippen molar-refractivity contribution in [3.05, 3.63) is 94.0 Å². The molecule has 5 heterocycles. The van der Waals surface area contributed by atoms with Gasteiger partial charge in [0.05, 0.1) is 49.3 Å². The molecule has 0 radical (unpaired) electrons. The Morgan fingerprint density at radius 3 is 2.10 bits per heavy atom. The Morgan fingerprint density at radius 1 is 0.935 bits per heavy atom. The number of carbonyl (C=O) groups is 1. The Labute approximate surface area is 356 Å². The van der Waals surface area contributed by atoms with Crippen LogP contribution in [0.25, 0.3) is 11.3 Å². The number of alkyl halides is 3. The van der Waals surface area contributed by atoms with E-state index in [1.165, 1.54) is 21.3 Å². The number of hydrogen-bond donors (Lipinski definition) is 1. The van der Waals surface area contributed by atoms with Crippen LogP contribution in [0.3, 0.4) is 0 Å². The second kappa shape index (κ2) is 16.1. The normalized spacial score (nSPS) is 21.5. The number of amidine groups is 1. The summed E-state index contributed by atoms with van der Waals surface area (Å²) in [5.41, 5.74) is -3.20. The van der Waals surface area contributed by atoms with E-state index >= 15 is 22.0 Å². The minimum absolute atomic E-state index is 0.0553. The molecule has 4 aromatic rings. The Bertz CT molecular complexity index is 2340. The number of hydrogen-bond acceptors (Lipinski definition) is 11. The third kappa shape index (κ3) is 7.79. The zero-order valence-electron chi connectivity index (χ0n) is 35.7. The number of nitrogens with one attached hydrogen (secondary N) is 1. The fraction of sp³-hybridized carbons (Fsp3) is 0.444. The third-order valence-electron chi connectivity index (χ3n) is 11.8. The Balaban J connectivity index is 1.28. The first kappa shape index (κ1) is 42.8. The maximum atomic E-state index is 17.5. The summed E-state index contributed by atoms with van der Waals surface area (Å²) in [4.78, 5) is 28.2. The summed E-state index contributed by atoms with van der Waals surface area (Å²) in [6, 6.07) is 13.8. The zero-order chi connectivity index (χ0) is 44.4. The summed E-state index contributed by atoms with van der Waals surface area (Å²) in [5.74, 6) is -1.00. The lowest BCUT2D eigenvalue weighted by Crippen LogP contribution is -2.66. The van der Waals surface area contributed by atoms with Crippen LogP contribution < -0.4 is 24.4 Å². The molecular formula is C45H49F5N6O6. The number of aliphatic imine (C=N–C) groups is 1. The number of ether oxygens (including phenoxy) is 5. The van der Waals surface area contributed by atoms with Crippen molar-refractivity contribution in [2.45, 2.75) is 103 Å². The molecule has 17 heteroatoms. The van der Waals surface area contributed by atoms with Gasteiger partial charge in [-0.15, -0.1) is 0 Å². The molecule has 0 aliphatic carbocycles. The number of halogens is 5. The minimum atomic E-state index is -5.14. The predicted octanol–water partition coefficient (Wildman–Crippen LogP) is 8.91. The highest BCUT2D eigenvalue weighted by Gasteiger charge is 2.55. The lowest BCUT2D eigenvalue weighted by atomic mass is 9.94. The van der Waals surface area contributed by atoms with E-state index in [9.17, 15) is 4.79 Å². The maximum absolute atomic E-state index is 17.5. The lowest BCUT2D eigenvalue weighted by molar-refractivity contribution is -0.137. The SMILES string of the molecule is COc1ccc(CN(Cc2ccc(OC)cc2)c2cc(-c3nc4c5c(c3F)NC(OC)N=C5N3C[C@H]5CC[C@@H]([C@H]3[C@H](C)O4)N5C(=O)OC(C)(C)C)c(C(F)(F)F)c(C)c2F)cc1. The average Bonchev–Trinajstić information content (AvgIpc) is 3.48. The van der Waals surface area contributed by atoms with Gasteiger partial charge in [-0.2, -0.15) is 13.2 Å². The molecule has 1 unspecified atom stereocenters. The maximum Gasteiger partial charge on any atom is 0.417 e. The van der Waals surface area contributed by atoms with Crippen LogP contribution in [0.4, 0.5) is 38.1 Å². The number of amides is 1. The van der Waals surface area contributed by atoms with Crippen LogP contribution in [0.15, 0.2) is 59.6 Å². The van der Waals surface area contributed by atoms with E-state index in [0.29, 0.717) is 42.0 Å². The molecule has 3 aromatic carbocycles. The largest absolute Gasteiger partial charge is 0.497 e. The molecule has 1 N–H and O–H groups in total. The molecule has 0 saturated carbocycles. The number of methoxy groups -OCH3 is 3. The standard InChI is InChI=1S/C45H49F5N6O6/c1-23-34(45(48,49)50)30(19-32(35(23)46)54(20-25-9-14-28(58-6)15-10-25)21-26-11-16-29(59-7)17-12-26)37-36(47)38-33-40(53-42(52-38)60-8)55-22-27-13-18-31(39(55)24(2)61-41(33)51-37)56(27)43(57)62-44(3,4)5/h9-12,14-17,19,24,27,31,39,42,52H,13,18,20-22H2,1-8H3/t24-,27+,31-,39+,42?/m0/s1. The van der Waals surface area contributed by atoms with Crippen molar-refractivity contribution in [1.29, 1.82) is 0 Å². The van der Waals surface area contributed by atoms with Crippen molar-refractivity contribution in [3.63, 3.8) is 0 Å². The highest BCUT2D eigenvalue weighted by Crippen LogP contribution is 2.49. The van der Waals surface area contributed by atoms with Crippen molar-refractivity contribution in [2.24, 2.45) is 4.99 Å². The van der Waals surface area contributed by atoms with Crippen LogP contribution in [-0.4, -0.2) is 90.8 Å². The molecule has 8 rings (SSSR count). The first-order valence-electron chi connectivity index (χ1n) is 20.4. The van der Waals surface area contributed by atoms with Crippen LogP contribution in [-0.2, 0) is 28.7 Å². The monoisotopic (exact) mass is 864 g/mol. The van der Waals surface area contributed by atoms with Gasteiger partial charge in [0.2, 0.25) is 12.2 Å². The number of carbonyl (C=O) groups excluding carboxylic acids is 1. The van der Waals surface area contributed by atoms with Crippen LogP contribution >= 0.6 is 0 Å². The average molecular weight is 865 g/mol. The molecule has 330 valence electrons. The van der Waals surface area contributed by atoms with E-state index in [-0.39, 0.29) is 47.8 Å². The summed E-state index contributed by atoms with van der Waals surface area (Å²) in [6.07, 6.45) is -6.20.